The zero-order valence-corrected chi connectivity index (χ0v) is 15.8. The van der Waals surface area contributed by atoms with Gasteiger partial charge in [0.1, 0.15) is 5.75 Å². The Balaban J connectivity index is 1.45. The van der Waals surface area contributed by atoms with E-state index in [9.17, 15) is 4.79 Å². The summed E-state index contributed by atoms with van der Waals surface area (Å²) in [6, 6.07) is 7.57. The average molecular weight is 367 g/mol. The minimum Gasteiger partial charge on any atom is -0.497 e. The second-order valence-corrected chi connectivity index (χ2v) is 8.78. The number of anilines is 1. The minimum atomic E-state index is -0.339. The number of tetrazole rings is 1. The molecule has 27 heavy (non-hydrogen) atoms. The molecule has 4 aliphatic rings. The number of benzene rings is 1. The SMILES string of the molecule is COc1cccc(NC(=O)C23C[C@H]4C[C@@H](C2)CC(n2nnc(C)n2)(C4)C3)c1. The van der Waals surface area contributed by atoms with E-state index in [1.54, 1.807) is 7.11 Å². The van der Waals surface area contributed by atoms with Gasteiger partial charge in [-0.3, -0.25) is 4.79 Å². The summed E-state index contributed by atoms with van der Waals surface area (Å²) in [5, 5.41) is 16.1. The number of hydrogen-bond donors (Lipinski definition) is 1. The van der Waals surface area contributed by atoms with Crippen LogP contribution in [0.5, 0.6) is 5.75 Å². The third-order valence-electron chi connectivity index (χ3n) is 6.78. The van der Waals surface area contributed by atoms with Crippen LogP contribution in [0.2, 0.25) is 0 Å². The number of nitrogens with zero attached hydrogens (tertiary/aromatic N) is 4. The largest absolute Gasteiger partial charge is 0.497 e. The molecule has 0 saturated heterocycles. The molecule has 142 valence electrons. The lowest BCUT2D eigenvalue weighted by Crippen LogP contribution is -2.60. The molecule has 1 heterocycles. The number of rotatable bonds is 4. The van der Waals surface area contributed by atoms with E-state index in [1.165, 1.54) is 6.42 Å². The predicted octanol–water partition coefficient (Wildman–Crippen LogP) is 2.92. The molecule has 2 aromatic rings. The van der Waals surface area contributed by atoms with Gasteiger partial charge in [-0.05, 0) is 74.6 Å². The summed E-state index contributed by atoms with van der Waals surface area (Å²) in [6.45, 7) is 1.87. The van der Waals surface area contributed by atoms with Gasteiger partial charge < -0.3 is 10.1 Å². The summed E-state index contributed by atoms with van der Waals surface area (Å²) in [7, 11) is 1.64. The van der Waals surface area contributed by atoms with E-state index in [1.807, 2.05) is 36.0 Å². The van der Waals surface area contributed by atoms with Crippen molar-refractivity contribution in [1.82, 2.24) is 20.2 Å². The van der Waals surface area contributed by atoms with Gasteiger partial charge in [0.15, 0.2) is 5.82 Å². The molecule has 4 atom stereocenters. The van der Waals surface area contributed by atoms with Gasteiger partial charge in [0, 0.05) is 11.8 Å². The fourth-order valence-electron chi connectivity index (χ4n) is 6.16. The second-order valence-electron chi connectivity index (χ2n) is 8.78. The first kappa shape index (κ1) is 16.7. The van der Waals surface area contributed by atoms with Crippen LogP contribution in [0.3, 0.4) is 0 Å². The van der Waals surface area contributed by atoms with Crippen LogP contribution in [-0.2, 0) is 10.3 Å². The Kier molecular flexibility index (Phi) is 3.58. The molecule has 1 N–H and O–H groups in total. The molecular weight excluding hydrogens is 342 g/mol. The molecule has 2 unspecified atom stereocenters. The zero-order chi connectivity index (χ0) is 18.6. The molecule has 0 radical (unpaired) electrons. The first-order chi connectivity index (χ1) is 13.0. The van der Waals surface area contributed by atoms with Crippen molar-refractivity contribution in [3.05, 3.63) is 30.1 Å². The highest BCUT2D eigenvalue weighted by Crippen LogP contribution is 2.64. The quantitative estimate of drug-likeness (QED) is 0.898. The highest BCUT2D eigenvalue weighted by molar-refractivity contribution is 5.96. The maximum atomic E-state index is 13.4. The molecule has 6 rings (SSSR count). The van der Waals surface area contributed by atoms with Crippen molar-refractivity contribution in [1.29, 1.82) is 0 Å². The smallest absolute Gasteiger partial charge is 0.230 e. The van der Waals surface area contributed by atoms with Crippen molar-refractivity contribution in [2.75, 3.05) is 12.4 Å². The summed E-state index contributed by atoms with van der Waals surface area (Å²) in [6.07, 6.45) is 6.09. The highest BCUT2D eigenvalue weighted by atomic mass is 16.5. The van der Waals surface area contributed by atoms with E-state index in [0.29, 0.717) is 17.7 Å². The Morgan fingerprint density at radius 3 is 2.70 bits per heavy atom. The number of nitrogens with one attached hydrogen (secondary N) is 1. The van der Waals surface area contributed by atoms with Gasteiger partial charge in [-0.2, -0.15) is 4.80 Å². The summed E-state index contributed by atoms with van der Waals surface area (Å²) in [4.78, 5) is 15.3. The maximum Gasteiger partial charge on any atom is 0.230 e. The van der Waals surface area contributed by atoms with Crippen molar-refractivity contribution in [3.8, 4) is 5.75 Å². The van der Waals surface area contributed by atoms with Gasteiger partial charge in [-0.15, -0.1) is 10.2 Å². The van der Waals surface area contributed by atoms with Crippen LogP contribution in [0.4, 0.5) is 5.69 Å². The fraction of sp³-hybridized carbons (Fsp3) is 0.600. The maximum absolute atomic E-state index is 13.4. The van der Waals surface area contributed by atoms with Gasteiger partial charge in [-0.1, -0.05) is 6.07 Å². The lowest BCUT2D eigenvalue weighted by atomic mass is 9.46. The summed E-state index contributed by atoms with van der Waals surface area (Å²) in [5.41, 5.74) is 0.296. The number of aryl methyl sites for hydroxylation is 1. The lowest BCUT2D eigenvalue weighted by molar-refractivity contribution is -0.152. The molecule has 1 amide bonds. The Morgan fingerprint density at radius 2 is 2.04 bits per heavy atom. The summed E-state index contributed by atoms with van der Waals surface area (Å²) in [5.74, 6) is 2.70. The topological polar surface area (TPSA) is 81.9 Å². The van der Waals surface area contributed by atoms with E-state index >= 15 is 0 Å². The molecule has 0 spiro atoms. The molecule has 4 bridgehead atoms. The Bertz CT molecular complexity index is 878. The Hall–Kier alpha value is -2.44. The number of carbonyl (C=O) groups is 1. The third kappa shape index (κ3) is 2.63. The fourth-order valence-corrected chi connectivity index (χ4v) is 6.16. The van der Waals surface area contributed by atoms with Gasteiger partial charge in [0.05, 0.1) is 18.1 Å². The monoisotopic (exact) mass is 367 g/mol. The predicted molar refractivity (Wildman–Crippen MR) is 99.3 cm³/mol. The van der Waals surface area contributed by atoms with Crippen LogP contribution in [0, 0.1) is 24.2 Å². The van der Waals surface area contributed by atoms with E-state index in [0.717, 1.165) is 43.5 Å². The van der Waals surface area contributed by atoms with Gasteiger partial charge in [0.2, 0.25) is 5.91 Å². The molecule has 7 nitrogen and oxygen atoms in total. The molecule has 1 aromatic carbocycles. The number of carbonyl (C=O) groups excluding carboxylic acids is 1. The van der Waals surface area contributed by atoms with Gasteiger partial charge in [-0.25, -0.2) is 0 Å². The van der Waals surface area contributed by atoms with Crippen LogP contribution in [0.15, 0.2) is 24.3 Å². The van der Waals surface area contributed by atoms with Crippen LogP contribution in [-0.4, -0.2) is 33.2 Å². The second kappa shape index (κ2) is 5.78. The average Bonchev–Trinajstić information content (AvgIpc) is 3.08. The van der Waals surface area contributed by atoms with E-state index < -0.39 is 0 Å². The zero-order valence-electron chi connectivity index (χ0n) is 15.8. The standard InChI is InChI=1S/C20H25N5O2/c1-13-22-24-25(23-13)20-10-14-6-15(11-20)9-19(8-14,12-20)18(26)21-16-4-3-5-17(7-16)27-2/h3-5,7,14-15H,6,8-12H2,1-2H3,(H,21,26)/t14-,15+,19?,20?. The minimum absolute atomic E-state index is 0.131. The summed E-state index contributed by atoms with van der Waals surface area (Å²) >= 11 is 0. The van der Waals surface area contributed by atoms with Crippen LogP contribution in [0.1, 0.15) is 44.3 Å². The highest BCUT2D eigenvalue weighted by Gasteiger charge is 2.62. The Morgan fingerprint density at radius 1 is 1.26 bits per heavy atom. The van der Waals surface area contributed by atoms with Gasteiger partial charge in [0.25, 0.3) is 0 Å². The van der Waals surface area contributed by atoms with Crippen molar-refractivity contribution in [2.45, 2.75) is 51.0 Å². The molecule has 4 saturated carbocycles. The van der Waals surface area contributed by atoms with E-state index in [2.05, 4.69) is 20.7 Å². The van der Waals surface area contributed by atoms with Gasteiger partial charge >= 0.3 is 0 Å². The molecule has 0 aliphatic heterocycles. The first-order valence-corrected chi connectivity index (χ1v) is 9.73. The first-order valence-electron chi connectivity index (χ1n) is 9.73. The van der Waals surface area contributed by atoms with Crippen LogP contribution in [0.25, 0.3) is 0 Å². The number of amides is 1. The van der Waals surface area contributed by atoms with Crippen LogP contribution >= 0.6 is 0 Å². The number of aromatic nitrogens is 4. The molecule has 4 aliphatic carbocycles. The van der Waals surface area contributed by atoms with Crippen molar-refractivity contribution >= 4 is 11.6 Å². The lowest BCUT2D eigenvalue weighted by Gasteiger charge is -2.60. The van der Waals surface area contributed by atoms with E-state index in [4.69, 9.17) is 4.74 Å². The van der Waals surface area contributed by atoms with Crippen molar-refractivity contribution in [3.63, 3.8) is 0 Å². The van der Waals surface area contributed by atoms with Crippen molar-refractivity contribution in [2.24, 2.45) is 17.3 Å². The van der Waals surface area contributed by atoms with Crippen molar-refractivity contribution < 1.29 is 9.53 Å². The molecule has 7 heteroatoms. The third-order valence-corrected chi connectivity index (χ3v) is 6.78. The Labute approximate surface area is 158 Å². The molecular formula is C20H25N5O2. The van der Waals surface area contributed by atoms with Crippen LogP contribution < -0.4 is 10.1 Å². The number of ether oxygens (including phenoxy) is 1. The summed E-state index contributed by atoms with van der Waals surface area (Å²) < 4.78 is 5.28. The number of methoxy groups -OCH3 is 1. The molecule has 1 aromatic heterocycles. The van der Waals surface area contributed by atoms with E-state index in [-0.39, 0.29) is 16.9 Å². The normalized spacial score (nSPS) is 33.9. The molecule has 4 fully saturated rings. The number of hydrogen-bond acceptors (Lipinski definition) is 5.